The van der Waals surface area contributed by atoms with Crippen molar-refractivity contribution in [2.45, 2.75) is 33.1 Å². The van der Waals surface area contributed by atoms with Crippen molar-refractivity contribution < 1.29 is 4.74 Å². The van der Waals surface area contributed by atoms with Gasteiger partial charge in [-0.1, -0.05) is 12.1 Å². The molecule has 0 spiro atoms. The van der Waals surface area contributed by atoms with Gasteiger partial charge in [0.15, 0.2) is 0 Å². The molecule has 0 bridgehead atoms. The maximum absolute atomic E-state index is 5.56. The maximum atomic E-state index is 5.56. The van der Waals surface area contributed by atoms with Gasteiger partial charge in [-0.25, -0.2) is 0 Å². The molecule has 17 heavy (non-hydrogen) atoms. The van der Waals surface area contributed by atoms with Gasteiger partial charge in [0.25, 0.3) is 0 Å². The minimum atomic E-state index is 0.744. The van der Waals surface area contributed by atoms with Gasteiger partial charge in [0.1, 0.15) is 5.75 Å². The second-order valence-electron chi connectivity index (χ2n) is 4.93. The van der Waals surface area contributed by atoms with E-state index in [0.717, 1.165) is 18.3 Å². The maximum Gasteiger partial charge on any atom is 0.122 e. The van der Waals surface area contributed by atoms with Crippen molar-refractivity contribution in [3.05, 3.63) is 29.3 Å². The molecule has 1 aromatic rings. The van der Waals surface area contributed by atoms with E-state index in [1.807, 2.05) is 6.92 Å². The summed E-state index contributed by atoms with van der Waals surface area (Å²) in [6.45, 7) is 7.31. The van der Waals surface area contributed by atoms with Crippen LogP contribution in [0.3, 0.4) is 0 Å². The molecular formula is C15H23NO. The minimum Gasteiger partial charge on any atom is -0.494 e. The summed E-state index contributed by atoms with van der Waals surface area (Å²) in [7, 11) is 0. The Morgan fingerprint density at radius 3 is 2.94 bits per heavy atom. The van der Waals surface area contributed by atoms with Crippen LogP contribution in [0.1, 0.15) is 30.9 Å². The normalized spacial score (nSPS) is 19.5. The Labute approximate surface area is 104 Å². The predicted molar refractivity (Wildman–Crippen MR) is 71.6 cm³/mol. The first-order valence-electron chi connectivity index (χ1n) is 6.72. The fraction of sp³-hybridized carbons (Fsp3) is 0.600. The van der Waals surface area contributed by atoms with Crippen LogP contribution in [0.25, 0.3) is 0 Å². The lowest BCUT2D eigenvalue weighted by molar-refractivity contribution is 0.338. The summed E-state index contributed by atoms with van der Waals surface area (Å²) in [5.41, 5.74) is 2.70. The molecule has 0 saturated carbocycles. The largest absolute Gasteiger partial charge is 0.494 e. The molecule has 1 aromatic carbocycles. The van der Waals surface area contributed by atoms with Crippen LogP contribution in [0.5, 0.6) is 5.75 Å². The summed E-state index contributed by atoms with van der Waals surface area (Å²) in [5.74, 6) is 1.90. The van der Waals surface area contributed by atoms with E-state index in [0.29, 0.717) is 0 Å². The molecular weight excluding hydrogens is 210 g/mol. The first-order valence-corrected chi connectivity index (χ1v) is 6.72. The summed E-state index contributed by atoms with van der Waals surface area (Å²) in [4.78, 5) is 0. The number of nitrogens with one attached hydrogen (secondary N) is 1. The number of rotatable bonds is 5. The zero-order valence-corrected chi connectivity index (χ0v) is 11.0. The van der Waals surface area contributed by atoms with Gasteiger partial charge < -0.3 is 10.1 Å². The average Bonchev–Trinajstić information content (AvgIpc) is 2.83. The third-order valence-corrected chi connectivity index (χ3v) is 3.54. The van der Waals surface area contributed by atoms with Crippen molar-refractivity contribution in [3.8, 4) is 5.75 Å². The molecule has 0 aliphatic carbocycles. The fourth-order valence-corrected chi connectivity index (χ4v) is 2.52. The molecule has 94 valence electrons. The highest BCUT2D eigenvalue weighted by Crippen LogP contribution is 2.22. The molecule has 2 rings (SSSR count). The van der Waals surface area contributed by atoms with Crippen molar-refractivity contribution >= 4 is 0 Å². The topological polar surface area (TPSA) is 21.3 Å². The van der Waals surface area contributed by atoms with Crippen molar-refractivity contribution in [1.29, 1.82) is 0 Å². The molecule has 1 N–H and O–H groups in total. The molecule has 1 aliphatic rings. The summed E-state index contributed by atoms with van der Waals surface area (Å²) < 4.78 is 5.56. The molecule has 1 unspecified atom stereocenters. The first kappa shape index (κ1) is 12.4. The highest BCUT2D eigenvalue weighted by molar-refractivity contribution is 5.36. The molecule has 2 heteroatoms. The van der Waals surface area contributed by atoms with Crippen LogP contribution in [-0.4, -0.2) is 19.7 Å². The monoisotopic (exact) mass is 233 g/mol. The number of ether oxygens (including phenoxy) is 1. The van der Waals surface area contributed by atoms with Crippen molar-refractivity contribution in [2.24, 2.45) is 5.92 Å². The molecule has 1 aliphatic heterocycles. The minimum absolute atomic E-state index is 0.744. The molecule has 0 aromatic heterocycles. The third kappa shape index (κ3) is 3.47. The average molecular weight is 233 g/mol. The Morgan fingerprint density at radius 1 is 1.41 bits per heavy atom. The Hall–Kier alpha value is -1.02. The van der Waals surface area contributed by atoms with E-state index in [2.05, 4.69) is 30.4 Å². The summed E-state index contributed by atoms with van der Waals surface area (Å²) in [5, 5.41) is 3.43. The van der Waals surface area contributed by atoms with E-state index in [-0.39, 0.29) is 0 Å². The van der Waals surface area contributed by atoms with Crippen molar-refractivity contribution in [2.75, 3.05) is 19.7 Å². The van der Waals surface area contributed by atoms with Gasteiger partial charge in [0.2, 0.25) is 0 Å². The van der Waals surface area contributed by atoms with Gasteiger partial charge in [-0.15, -0.1) is 0 Å². The van der Waals surface area contributed by atoms with Gasteiger partial charge in [0.05, 0.1) is 6.61 Å². The fourth-order valence-electron chi connectivity index (χ4n) is 2.52. The Balaban J connectivity index is 1.90. The number of benzene rings is 1. The van der Waals surface area contributed by atoms with Crippen LogP contribution in [0.2, 0.25) is 0 Å². The third-order valence-electron chi connectivity index (χ3n) is 3.54. The molecule has 1 fully saturated rings. The van der Waals surface area contributed by atoms with E-state index in [4.69, 9.17) is 4.74 Å². The predicted octanol–water partition coefficient (Wildman–Crippen LogP) is 2.94. The van der Waals surface area contributed by atoms with Gasteiger partial charge in [0, 0.05) is 0 Å². The molecule has 1 heterocycles. The zero-order chi connectivity index (χ0) is 12.1. The molecule has 1 saturated heterocycles. The van der Waals surface area contributed by atoms with E-state index < -0.39 is 0 Å². The number of hydrogen-bond acceptors (Lipinski definition) is 2. The summed E-state index contributed by atoms with van der Waals surface area (Å²) in [6, 6.07) is 6.59. The van der Waals surface area contributed by atoms with Crippen LogP contribution < -0.4 is 10.1 Å². The molecule has 1 atom stereocenters. The van der Waals surface area contributed by atoms with E-state index in [1.165, 1.54) is 43.5 Å². The molecule has 0 radical (unpaired) electrons. The van der Waals surface area contributed by atoms with Crippen molar-refractivity contribution in [1.82, 2.24) is 5.32 Å². The highest BCUT2D eigenvalue weighted by atomic mass is 16.5. The zero-order valence-electron chi connectivity index (χ0n) is 11.0. The Kier molecular flexibility index (Phi) is 4.43. The Morgan fingerprint density at radius 2 is 2.29 bits per heavy atom. The molecule has 0 amide bonds. The lowest BCUT2D eigenvalue weighted by Gasteiger charge is -2.11. The SMILES string of the molecule is CCOc1ccc(CCC2CCNC2)cc1C. The van der Waals surface area contributed by atoms with Crippen molar-refractivity contribution in [3.63, 3.8) is 0 Å². The number of hydrogen-bond donors (Lipinski definition) is 1. The lowest BCUT2D eigenvalue weighted by Crippen LogP contribution is -2.09. The number of aryl methyl sites for hydroxylation is 2. The second-order valence-corrected chi connectivity index (χ2v) is 4.93. The van der Waals surface area contributed by atoms with Crippen LogP contribution in [0.15, 0.2) is 18.2 Å². The van der Waals surface area contributed by atoms with Gasteiger partial charge in [-0.3, -0.25) is 0 Å². The van der Waals surface area contributed by atoms with Gasteiger partial charge in [-0.05, 0) is 69.3 Å². The van der Waals surface area contributed by atoms with Crippen LogP contribution in [-0.2, 0) is 6.42 Å². The second kappa shape index (κ2) is 6.06. The quantitative estimate of drug-likeness (QED) is 0.844. The lowest BCUT2D eigenvalue weighted by atomic mass is 9.98. The van der Waals surface area contributed by atoms with E-state index in [1.54, 1.807) is 0 Å². The first-order chi connectivity index (χ1) is 8.29. The van der Waals surface area contributed by atoms with Crippen LogP contribution >= 0.6 is 0 Å². The van der Waals surface area contributed by atoms with Gasteiger partial charge in [-0.2, -0.15) is 0 Å². The highest BCUT2D eigenvalue weighted by Gasteiger charge is 2.14. The smallest absolute Gasteiger partial charge is 0.122 e. The van der Waals surface area contributed by atoms with Gasteiger partial charge >= 0.3 is 0 Å². The van der Waals surface area contributed by atoms with Crippen LogP contribution in [0.4, 0.5) is 0 Å². The summed E-state index contributed by atoms with van der Waals surface area (Å²) in [6.07, 6.45) is 3.84. The Bertz CT molecular complexity index is 356. The molecule has 2 nitrogen and oxygen atoms in total. The summed E-state index contributed by atoms with van der Waals surface area (Å²) >= 11 is 0. The van der Waals surface area contributed by atoms with E-state index in [9.17, 15) is 0 Å². The van der Waals surface area contributed by atoms with E-state index >= 15 is 0 Å². The standard InChI is InChI=1S/C15H23NO/c1-3-17-15-7-6-13(10-12(15)2)4-5-14-8-9-16-11-14/h6-7,10,14,16H,3-5,8-9,11H2,1-2H3. The van der Waals surface area contributed by atoms with Crippen LogP contribution in [0, 0.1) is 12.8 Å².